The molecule has 0 aromatic carbocycles. The number of aliphatic hydroxyl groups is 1. The van der Waals surface area contributed by atoms with Crippen molar-refractivity contribution in [2.45, 2.75) is 134 Å². The Balaban J connectivity index is 0. The van der Waals surface area contributed by atoms with Crippen LogP contribution < -0.4 is 29.6 Å². The first-order valence-corrected chi connectivity index (χ1v) is 12.5. The third-order valence-electron chi connectivity index (χ3n) is 5.31. The summed E-state index contributed by atoms with van der Waals surface area (Å²) in [6, 6.07) is 0. The summed E-state index contributed by atoms with van der Waals surface area (Å²) in [5.41, 5.74) is 0. The van der Waals surface area contributed by atoms with Gasteiger partial charge in [-0.2, -0.15) is 0 Å². The Labute approximate surface area is 191 Å². The van der Waals surface area contributed by atoms with Crippen molar-refractivity contribution in [3.05, 3.63) is 0 Å². The Kier molecular flexibility index (Phi) is 21.0. The molecule has 0 aliphatic carbocycles. The van der Waals surface area contributed by atoms with Crippen molar-refractivity contribution in [3.63, 3.8) is 0 Å². The monoisotopic (exact) mass is 414 g/mol. The molecule has 0 heterocycles. The van der Waals surface area contributed by atoms with Crippen LogP contribution >= 0.6 is 0 Å². The Morgan fingerprint density at radius 2 is 0.889 bits per heavy atom. The van der Waals surface area contributed by atoms with Gasteiger partial charge in [0.05, 0.1) is 0 Å². The first kappa shape index (κ1) is 30.1. The second kappa shape index (κ2) is 18.9. The minimum atomic E-state index is -4.67. The summed E-state index contributed by atoms with van der Waals surface area (Å²) in [6.45, 7) is 4.37. The molecule has 6 heteroatoms. The summed E-state index contributed by atoms with van der Waals surface area (Å²) < 4.78 is 34.5. The Morgan fingerprint density at radius 1 is 0.630 bits per heavy atom. The zero-order chi connectivity index (χ0) is 19.7. The molecule has 1 unspecified atom stereocenters. The molecule has 0 rings (SSSR count). The zero-order valence-electron chi connectivity index (χ0n) is 18.3. The van der Waals surface area contributed by atoms with Crippen molar-refractivity contribution in [3.8, 4) is 0 Å². The van der Waals surface area contributed by atoms with Crippen LogP contribution in [0.2, 0.25) is 0 Å². The summed E-state index contributed by atoms with van der Waals surface area (Å²) in [4.78, 5) is -2.06. The number of hydrogen-bond acceptors (Lipinski definition) is 4. The van der Waals surface area contributed by atoms with Crippen molar-refractivity contribution >= 4 is 10.1 Å². The van der Waals surface area contributed by atoms with E-state index in [0.29, 0.717) is 12.8 Å². The fourth-order valence-corrected chi connectivity index (χ4v) is 4.23. The van der Waals surface area contributed by atoms with E-state index in [1.165, 1.54) is 44.9 Å². The molecule has 0 saturated heterocycles. The van der Waals surface area contributed by atoms with E-state index in [0.717, 1.165) is 44.9 Å². The SMILES string of the molecule is CCCCCCCCCCCCC(O)(CCCCCCCC)S(=O)(=O)[O-].[Na+]. The van der Waals surface area contributed by atoms with Crippen molar-refractivity contribution < 1.29 is 47.6 Å². The standard InChI is InChI=1S/C21H44O4S.Na/c1-3-5-7-9-11-12-13-14-16-18-20-21(22,26(23,24)25)19-17-15-10-8-6-4-2;/h22H,3-20H2,1-2H3,(H,23,24,25);/q;+1/p-1. The smallest absolute Gasteiger partial charge is 0.746 e. The molecule has 0 spiro atoms. The molecule has 4 nitrogen and oxygen atoms in total. The largest absolute Gasteiger partial charge is 1.00 e. The summed E-state index contributed by atoms with van der Waals surface area (Å²) in [6.07, 6.45) is 17.6. The van der Waals surface area contributed by atoms with Gasteiger partial charge in [0.1, 0.15) is 10.1 Å². The van der Waals surface area contributed by atoms with Crippen molar-refractivity contribution in [2.24, 2.45) is 0 Å². The average molecular weight is 415 g/mol. The molecule has 158 valence electrons. The van der Waals surface area contributed by atoms with Crippen molar-refractivity contribution in [1.29, 1.82) is 0 Å². The molecule has 0 radical (unpaired) electrons. The molecule has 0 saturated carbocycles. The molecule has 27 heavy (non-hydrogen) atoms. The fourth-order valence-electron chi connectivity index (χ4n) is 3.45. The van der Waals surface area contributed by atoms with Gasteiger partial charge in [0.15, 0.2) is 4.93 Å². The van der Waals surface area contributed by atoms with Gasteiger partial charge in [-0.05, 0) is 25.7 Å². The molecular formula is C21H43NaO4S. The van der Waals surface area contributed by atoms with E-state index in [1.807, 2.05) is 0 Å². The van der Waals surface area contributed by atoms with Crippen LogP contribution in [0.5, 0.6) is 0 Å². The van der Waals surface area contributed by atoms with E-state index in [4.69, 9.17) is 0 Å². The third-order valence-corrected chi connectivity index (χ3v) is 6.65. The van der Waals surface area contributed by atoms with Gasteiger partial charge in [-0.1, -0.05) is 104 Å². The second-order valence-corrected chi connectivity index (χ2v) is 9.52. The molecule has 1 atom stereocenters. The fraction of sp³-hybridized carbons (Fsp3) is 1.00. The average Bonchev–Trinajstić information content (AvgIpc) is 2.58. The van der Waals surface area contributed by atoms with Gasteiger partial charge >= 0.3 is 29.6 Å². The molecule has 0 amide bonds. The van der Waals surface area contributed by atoms with E-state index in [1.54, 1.807) is 0 Å². The van der Waals surface area contributed by atoms with Crippen LogP contribution in [0.4, 0.5) is 0 Å². The first-order valence-electron chi connectivity index (χ1n) is 11.0. The minimum Gasteiger partial charge on any atom is -0.746 e. The molecule has 0 aliphatic rings. The molecule has 0 aliphatic heterocycles. The van der Waals surface area contributed by atoms with Crippen LogP contribution in [0.15, 0.2) is 0 Å². The van der Waals surface area contributed by atoms with Crippen molar-refractivity contribution in [1.82, 2.24) is 0 Å². The topological polar surface area (TPSA) is 77.4 Å². The summed E-state index contributed by atoms with van der Waals surface area (Å²) in [7, 11) is -4.67. The Morgan fingerprint density at radius 3 is 1.15 bits per heavy atom. The normalized spacial score (nSPS) is 13.9. The maximum atomic E-state index is 11.5. The van der Waals surface area contributed by atoms with E-state index in [2.05, 4.69) is 13.8 Å². The van der Waals surface area contributed by atoms with Gasteiger partial charge in [0.25, 0.3) is 0 Å². The predicted octanol–water partition coefficient (Wildman–Crippen LogP) is 3.29. The summed E-state index contributed by atoms with van der Waals surface area (Å²) in [5, 5.41) is 10.4. The van der Waals surface area contributed by atoms with E-state index in [-0.39, 0.29) is 42.4 Å². The molecule has 0 bridgehead atoms. The third kappa shape index (κ3) is 16.4. The van der Waals surface area contributed by atoms with Gasteiger partial charge in [0.2, 0.25) is 0 Å². The van der Waals surface area contributed by atoms with E-state index < -0.39 is 15.1 Å². The Bertz CT molecular complexity index is 414. The molecular weight excluding hydrogens is 371 g/mol. The van der Waals surface area contributed by atoms with Crippen LogP contribution in [-0.2, 0) is 10.1 Å². The summed E-state index contributed by atoms with van der Waals surface area (Å²) in [5.74, 6) is 0. The van der Waals surface area contributed by atoms with Crippen LogP contribution in [0, 0.1) is 0 Å². The van der Waals surface area contributed by atoms with Gasteiger partial charge < -0.3 is 9.66 Å². The van der Waals surface area contributed by atoms with Crippen LogP contribution in [0.25, 0.3) is 0 Å². The zero-order valence-corrected chi connectivity index (χ0v) is 21.1. The number of hydrogen-bond donors (Lipinski definition) is 1. The van der Waals surface area contributed by atoms with Crippen LogP contribution in [0.1, 0.15) is 129 Å². The first-order chi connectivity index (χ1) is 12.4. The minimum absolute atomic E-state index is 0. The van der Waals surface area contributed by atoms with Crippen LogP contribution in [-0.4, -0.2) is 23.0 Å². The Hall–Kier alpha value is 0.870. The van der Waals surface area contributed by atoms with E-state index >= 15 is 0 Å². The van der Waals surface area contributed by atoms with Gasteiger partial charge in [0, 0.05) is 0 Å². The van der Waals surface area contributed by atoms with Crippen LogP contribution in [0.3, 0.4) is 0 Å². The predicted molar refractivity (Wildman–Crippen MR) is 109 cm³/mol. The summed E-state index contributed by atoms with van der Waals surface area (Å²) >= 11 is 0. The molecule has 0 aromatic rings. The van der Waals surface area contributed by atoms with Gasteiger partial charge in [-0.15, -0.1) is 0 Å². The van der Waals surface area contributed by atoms with Gasteiger partial charge in [-0.3, -0.25) is 0 Å². The molecule has 1 N–H and O–H groups in total. The quantitative estimate of drug-likeness (QED) is 0.200. The number of rotatable bonds is 19. The number of unbranched alkanes of at least 4 members (excludes halogenated alkanes) is 14. The maximum Gasteiger partial charge on any atom is 1.00 e. The van der Waals surface area contributed by atoms with Crippen molar-refractivity contribution in [2.75, 3.05) is 0 Å². The second-order valence-electron chi connectivity index (χ2n) is 7.85. The van der Waals surface area contributed by atoms with Gasteiger partial charge in [-0.25, -0.2) is 8.42 Å². The molecule has 0 fully saturated rings. The maximum absolute atomic E-state index is 11.5. The molecule has 0 aromatic heterocycles. The van der Waals surface area contributed by atoms with E-state index in [9.17, 15) is 18.1 Å².